The molecule has 7 nitrogen and oxygen atoms in total. The Morgan fingerprint density at radius 3 is 2.07 bits per heavy atom. The number of carboxylic acids is 1. The molecule has 0 fully saturated rings. The Labute approximate surface area is 155 Å². The smallest absolute Gasteiger partial charge is 0.337 e. The summed E-state index contributed by atoms with van der Waals surface area (Å²) in [4.78, 5) is 23.0. The van der Waals surface area contributed by atoms with E-state index in [1.165, 1.54) is 43.4 Å². The minimum absolute atomic E-state index is 0.0309. The maximum atomic E-state index is 12.7. The second-order valence-corrected chi connectivity index (χ2v) is 7.44. The number of nitrogens with one attached hydrogen (secondary N) is 2. The average Bonchev–Trinajstić information content (AvgIpc) is 2.66. The van der Waals surface area contributed by atoms with E-state index < -0.39 is 16.0 Å². The summed E-state index contributed by atoms with van der Waals surface area (Å²) < 4.78 is 27.6. The number of fused-ring (bicyclic) bond motifs is 1. The first kappa shape index (κ1) is 18.4. The number of carbonyl (C=O) groups excluding carboxylic acids is 1. The van der Waals surface area contributed by atoms with Crippen LogP contribution in [0.25, 0.3) is 10.8 Å². The number of rotatable bonds is 5. The Kier molecular flexibility index (Phi) is 4.83. The normalized spacial score (nSPS) is 11.1. The van der Waals surface area contributed by atoms with Gasteiger partial charge < -0.3 is 10.4 Å². The highest BCUT2D eigenvalue weighted by Gasteiger charge is 2.19. The molecule has 3 aromatic carbocycles. The highest BCUT2D eigenvalue weighted by Crippen LogP contribution is 2.26. The predicted octanol–water partition coefficient (Wildman–Crippen LogP) is 2.70. The van der Waals surface area contributed by atoms with Crippen molar-refractivity contribution in [3.05, 3.63) is 71.8 Å². The van der Waals surface area contributed by atoms with E-state index in [0.29, 0.717) is 16.3 Å². The number of aromatic carboxylic acids is 1. The van der Waals surface area contributed by atoms with Crippen LogP contribution in [0.5, 0.6) is 0 Å². The molecule has 3 aromatic rings. The number of hydrogen-bond donors (Lipinski definition) is 3. The lowest BCUT2D eigenvalue weighted by Crippen LogP contribution is -2.18. The second-order valence-electron chi connectivity index (χ2n) is 5.76. The lowest BCUT2D eigenvalue weighted by atomic mass is 10.1. The van der Waals surface area contributed by atoms with Gasteiger partial charge >= 0.3 is 5.97 Å². The quantitative estimate of drug-likeness (QED) is 0.626. The van der Waals surface area contributed by atoms with Crippen molar-refractivity contribution in [2.45, 2.75) is 4.90 Å². The zero-order chi connectivity index (χ0) is 19.6. The van der Waals surface area contributed by atoms with Gasteiger partial charge in [-0.15, -0.1) is 0 Å². The van der Waals surface area contributed by atoms with Crippen molar-refractivity contribution in [1.82, 2.24) is 5.32 Å². The summed E-state index contributed by atoms with van der Waals surface area (Å²) in [6.07, 6.45) is 0. The van der Waals surface area contributed by atoms with Gasteiger partial charge in [0, 0.05) is 12.6 Å². The predicted molar refractivity (Wildman–Crippen MR) is 102 cm³/mol. The lowest BCUT2D eigenvalue weighted by molar-refractivity contribution is 0.0698. The molecule has 138 valence electrons. The molecule has 0 saturated heterocycles. The SMILES string of the molecule is CNC(=O)c1ccc(S(=O)(=O)Nc2cc3ccccc3cc2C(=O)O)cc1. The fraction of sp³-hybridized carbons (Fsp3) is 0.0526. The summed E-state index contributed by atoms with van der Waals surface area (Å²) in [6, 6.07) is 15.3. The van der Waals surface area contributed by atoms with Crippen LogP contribution < -0.4 is 10.0 Å². The Morgan fingerprint density at radius 2 is 1.52 bits per heavy atom. The number of benzene rings is 3. The van der Waals surface area contributed by atoms with Crippen molar-refractivity contribution in [3.8, 4) is 0 Å². The fourth-order valence-corrected chi connectivity index (χ4v) is 3.71. The summed E-state index contributed by atoms with van der Waals surface area (Å²) in [5.74, 6) is -1.58. The highest BCUT2D eigenvalue weighted by atomic mass is 32.2. The minimum atomic E-state index is -4.03. The van der Waals surface area contributed by atoms with Crippen LogP contribution in [0.15, 0.2) is 65.6 Å². The number of hydrogen-bond acceptors (Lipinski definition) is 4. The molecule has 0 radical (unpaired) electrons. The van der Waals surface area contributed by atoms with Crippen LogP contribution in [0.3, 0.4) is 0 Å². The summed E-state index contributed by atoms with van der Waals surface area (Å²) >= 11 is 0. The molecular weight excluding hydrogens is 368 g/mol. The standard InChI is InChI=1S/C19H16N2O5S/c1-20-18(22)12-6-8-15(9-7-12)27(25,26)21-17-11-14-5-3-2-4-13(14)10-16(17)19(23)24/h2-11,21H,1H3,(H,20,22)(H,23,24). The molecule has 0 atom stereocenters. The highest BCUT2D eigenvalue weighted by molar-refractivity contribution is 7.92. The van der Waals surface area contributed by atoms with Crippen molar-refractivity contribution < 1.29 is 23.1 Å². The number of carboxylic acid groups (broad SMARTS) is 1. The van der Waals surface area contributed by atoms with E-state index in [2.05, 4.69) is 10.0 Å². The Balaban J connectivity index is 2.01. The molecule has 0 unspecified atom stereocenters. The first-order valence-electron chi connectivity index (χ1n) is 7.93. The number of carbonyl (C=O) groups is 2. The van der Waals surface area contributed by atoms with Gasteiger partial charge in [0.2, 0.25) is 0 Å². The van der Waals surface area contributed by atoms with Gasteiger partial charge in [0.15, 0.2) is 0 Å². The molecular formula is C19H16N2O5S. The maximum Gasteiger partial charge on any atom is 0.337 e. The van der Waals surface area contributed by atoms with Gasteiger partial charge in [0.1, 0.15) is 0 Å². The van der Waals surface area contributed by atoms with Crippen LogP contribution in [0.2, 0.25) is 0 Å². The van der Waals surface area contributed by atoms with Crippen molar-refractivity contribution in [3.63, 3.8) is 0 Å². The molecule has 0 aliphatic heterocycles. The molecule has 0 aliphatic rings. The first-order chi connectivity index (χ1) is 12.8. The van der Waals surface area contributed by atoms with Gasteiger partial charge in [-0.05, 0) is 47.2 Å². The van der Waals surface area contributed by atoms with Crippen LogP contribution in [0.4, 0.5) is 5.69 Å². The third kappa shape index (κ3) is 3.75. The van der Waals surface area contributed by atoms with Crippen molar-refractivity contribution in [1.29, 1.82) is 0 Å². The summed E-state index contributed by atoms with van der Waals surface area (Å²) in [5, 5.41) is 13.3. The molecule has 0 spiro atoms. The van der Waals surface area contributed by atoms with Crippen molar-refractivity contribution in [2.75, 3.05) is 11.8 Å². The fourth-order valence-electron chi connectivity index (χ4n) is 2.64. The number of anilines is 1. The molecule has 0 aromatic heterocycles. The monoisotopic (exact) mass is 384 g/mol. The molecule has 0 aliphatic carbocycles. The Morgan fingerprint density at radius 1 is 0.926 bits per heavy atom. The molecule has 0 heterocycles. The molecule has 27 heavy (non-hydrogen) atoms. The van der Waals surface area contributed by atoms with Crippen LogP contribution >= 0.6 is 0 Å². The van der Waals surface area contributed by atoms with Crippen molar-refractivity contribution >= 4 is 38.4 Å². The van der Waals surface area contributed by atoms with Crippen LogP contribution in [-0.4, -0.2) is 32.4 Å². The molecule has 0 saturated carbocycles. The van der Waals surface area contributed by atoms with E-state index in [1.54, 1.807) is 24.3 Å². The van der Waals surface area contributed by atoms with Crippen LogP contribution in [0, 0.1) is 0 Å². The third-order valence-corrected chi connectivity index (χ3v) is 5.40. The van der Waals surface area contributed by atoms with Crippen LogP contribution in [-0.2, 0) is 10.0 Å². The van der Waals surface area contributed by atoms with Gasteiger partial charge in [0.05, 0.1) is 16.1 Å². The zero-order valence-electron chi connectivity index (χ0n) is 14.3. The molecule has 3 N–H and O–H groups in total. The summed E-state index contributed by atoms with van der Waals surface area (Å²) in [5.41, 5.74) is 0.129. The molecule has 3 rings (SSSR count). The second kappa shape index (κ2) is 7.08. The Hall–Kier alpha value is -3.39. The van der Waals surface area contributed by atoms with Gasteiger partial charge in [0.25, 0.3) is 15.9 Å². The van der Waals surface area contributed by atoms with E-state index in [9.17, 15) is 23.1 Å². The van der Waals surface area contributed by atoms with E-state index in [4.69, 9.17) is 0 Å². The lowest BCUT2D eigenvalue weighted by Gasteiger charge is -2.12. The zero-order valence-corrected chi connectivity index (χ0v) is 15.1. The minimum Gasteiger partial charge on any atom is -0.478 e. The maximum absolute atomic E-state index is 12.7. The molecule has 1 amide bonds. The van der Waals surface area contributed by atoms with E-state index >= 15 is 0 Å². The van der Waals surface area contributed by atoms with Gasteiger partial charge in [-0.25, -0.2) is 13.2 Å². The van der Waals surface area contributed by atoms with Gasteiger partial charge in [-0.2, -0.15) is 0 Å². The van der Waals surface area contributed by atoms with E-state index in [0.717, 1.165) is 0 Å². The van der Waals surface area contributed by atoms with Gasteiger partial charge in [-0.3, -0.25) is 9.52 Å². The topological polar surface area (TPSA) is 113 Å². The average molecular weight is 384 g/mol. The van der Waals surface area contributed by atoms with E-state index in [1.807, 2.05) is 0 Å². The van der Waals surface area contributed by atoms with Crippen molar-refractivity contribution in [2.24, 2.45) is 0 Å². The first-order valence-corrected chi connectivity index (χ1v) is 9.41. The van der Waals surface area contributed by atoms with Crippen LogP contribution in [0.1, 0.15) is 20.7 Å². The molecule has 8 heteroatoms. The largest absolute Gasteiger partial charge is 0.478 e. The van der Waals surface area contributed by atoms with Gasteiger partial charge in [-0.1, -0.05) is 24.3 Å². The van der Waals surface area contributed by atoms with E-state index in [-0.39, 0.29) is 22.1 Å². The number of amides is 1. The third-order valence-electron chi connectivity index (χ3n) is 4.01. The summed E-state index contributed by atoms with van der Waals surface area (Å²) in [7, 11) is -2.56. The Bertz CT molecular complexity index is 1140. The summed E-state index contributed by atoms with van der Waals surface area (Å²) in [6.45, 7) is 0. The number of sulfonamides is 1. The molecule has 0 bridgehead atoms.